The summed E-state index contributed by atoms with van der Waals surface area (Å²) in [7, 11) is 0. The molecule has 0 saturated heterocycles. The van der Waals surface area contributed by atoms with Crippen LogP contribution in [0.15, 0.2) is 67.1 Å². The Morgan fingerprint density at radius 2 is 1.84 bits per heavy atom. The van der Waals surface area contributed by atoms with Crippen LogP contribution in [0.25, 0.3) is 0 Å². The molecule has 3 rings (SSSR count). The third kappa shape index (κ3) is 5.54. The monoisotopic (exact) mass is 334 g/mol. The second-order valence-corrected chi connectivity index (χ2v) is 6.91. The Kier molecular flexibility index (Phi) is 5.96. The number of hydrogen-bond acceptors (Lipinski definition) is 3. The van der Waals surface area contributed by atoms with Crippen LogP contribution in [0, 0.1) is 5.92 Å². The van der Waals surface area contributed by atoms with Gasteiger partial charge in [-0.15, -0.1) is 0 Å². The largest absolute Gasteiger partial charge is 0.293 e. The van der Waals surface area contributed by atoms with Crippen LogP contribution in [0.3, 0.4) is 0 Å². The summed E-state index contributed by atoms with van der Waals surface area (Å²) in [5.41, 5.74) is 3.74. The fraction of sp³-hybridized carbons (Fsp3) is 0.333. The molecule has 0 aliphatic heterocycles. The third-order valence-electron chi connectivity index (χ3n) is 4.04. The second kappa shape index (κ2) is 8.58. The number of rotatable bonds is 8. The smallest absolute Gasteiger partial charge is 0.0659 e. The van der Waals surface area contributed by atoms with Crippen molar-refractivity contribution in [3.63, 3.8) is 0 Å². The molecule has 0 atom stereocenters. The average molecular weight is 334 g/mol. The van der Waals surface area contributed by atoms with Gasteiger partial charge in [-0.2, -0.15) is 5.10 Å². The Balaban J connectivity index is 1.70. The zero-order valence-corrected chi connectivity index (χ0v) is 15.0. The molecule has 4 heteroatoms. The first kappa shape index (κ1) is 17.4. The molecule has 1 aromatic carbocycles. The first-order valence-electron chi connectivity index (χ1n) is 8.86. The summed E-state index contributed by atoms with van der Waals surface area (Å²) in [5, 5.41) is 4.30. The van der Waals surface area contributed by atoms with E-state index in [1.807, 2.05) is 35.4 Å². The van der Waals surface area contributed by atoms with E-state index >= 15 is 0 Å². The van der Waals surface area contributed by atoms with E-state index in [1.165, 1.54) is 11.1 Å². The molecule has 0 fully saturated rings. The van der Waals surface area contributed by atoms with E-state index in [-0.39, 0.29) is 0 Å². The van der Waals surface area contributed by atoms with Crippen molar-refractivity contribution in [3.8, 4) is 0 Å². The lowest BCUT2D eigenvalue weighted by Gasteiger charge is -2.24. The lowest BCUT2D eigenvalue weighted by Crippen LogP contribution is -2.27. The summed E-state index contributed by atoms with van der Waals surface area (Å²) in [5.74, 6) is 0.621. The second-order valence-electron chi connectivity index (χ2n) is 6.91. The number of pyridine rings is 1. The van der Waals surface area contributed by atoms with Crippen LogP contribution in [-0.2, 0) is 19.6 Å². The van der Waals surface area contributed by atoms with Gasteiger partial charge in [0.05, 0.1) is 12.2 Å². The van der Waals surface area contributed by atoms with E-state index in [1.54, 1.807) is 0 Å². The molecule has 0 N–H and O–H groups in total. The summed E-state index contributed by atoms with van der Waals surface area (Å²) in [6, 6.07) is 16.9. The summed E-state index contributed by atoms with van der Waals surface area (Å²) in [6.45, 7) is 8.20. The van der Waals surface area contributed by atoms with Crippen molar-refractivity contribution in [2.75, 3.05) is 6.54 Å². The molecule has 4 nitrogen and oxygen atoms in total. The van der Waals surface area contributed by atoms with Crippen LogP contribution >= 0.6 is 0 Å². The Hall–Kier alpha value is -2.46. The summed E-state index contributed by atoms with van der Waals surface area (Å²) < 4.78 is 1.96. The van der Waals surface area contributed by atoms with Gasteiger partial charge < -0.3 is 0 Å². The molecule has 0 unspecified atom stereocenters. The topological polar surface area (TPSA) is 34.0 Å². The minimum Gasteiger partial charge on any atom is -0.293 e. The highest BCUT2D eigenvalue weighted by molar-refractivity contribution is 5.23. The van der Waals surface area contributed by atoms with Gasteiger partial charge in [0.25, 0.3) is 0 Å². The van der Waals surface area contributed by atoms with Crippen LogP contribution < -0.4 is 0 Å². The lowest BCUT2D eigenvalue weighted by atomic mass is 10.1. The fourth-order valence-electron chi connectivity index (χ4n) is 3.09. The van der Waals surface area contributed by atoms with E-state index in [2.05, 4.69) is 65.2 Å². The van der Waals surface area contributed by atoms with Crippen molar-refractivity contribution < 1.29 is 0 Å². The van der Waals surface area contributed by atoms with Gasteiger partial charge in [0.15, 0.2) is 0 Å². The minimum atomic E-state index is 0.621. The van der Waals surface area contributed by atoms with Crippen LogP contribution in [0.5, 0.6) is 0 Å². The number of nitrogens with zero attached hydrogens (tertiary/aromatic N) is 4. The molecule has 0 amide bonds. The van der Waals surface area contributed by atoms with Crippen LogP contribution in [0.1, 0.15) is 30.7 Å². The highest BCUT2D eigenvalue weighted by Gasteiger charge is 2.10. The van der Waals surface area contributed by atoms with Gasteiger partial charge in [-0.3, -0.25) is 14.6 Å². The maximum atomic E-state index is 4.48. The Bertz CT molecular complexity index is 751. The molecule has 130 valence electrons. The number of hydrogen-bond donors (Lipinski definition) is 0. The average Bonchev–Trinajstić information content (AvgIpc) is 3.08. The maximum absolute atomic E-state index is 4.48. The molecule has 25 heavy (non-hydrogen) atoms. The molecule has 3 aromatic rings. The Morgan fingerprint density at radius 3 is 2.56 bits per heavy atom. The van der Waals surface area contributed by atoms with E-state index in [9.17, 15) is 0 Å². The van der Waals surface area contributed by atoms with Gasteiger partial charge in [0.1, 0.15) is 0 Å². The first-order chi connectivity index (χ1) is 12.2. The van der Waals surface area contributed by atoms with E-state index < -0.39 is 0 Å². The number of benzene rings is 1. The fourth-order valence-corrected chi connectivity index (χ4v) is 3.09. The molecule has 0 saturated carbocycles. The molecule has 0 radical (unpaired) electrons. The molecular formula is C21H26N4. The van der Waals surface area contributed by atoms with Gasteiger partial charge in [0.2, 0.25) is 0 Å². The predicted molar refractivity (Wildman–Crippen MR) is 101 cm³/mol. The molecule has 0 aliphatic rings. The molecule has 0 spiro atoms. The van der Waals surface area contributed by atoms with E-state index in [4.69, 9.17) is 0 Å². The molecular weight excluding hydrogens is 308 g/mol. The predicted octanol–water partition coefficient (Wildman–Crippen LogP) is 3.98. The molecule has 2 aromatic heterocycles. The van der Waals surface area contributed by atoms with Gasteiger partial charge in [0, 0.05) is 38.2 Å². The third-order valence-corrected chi connectivity index (χ3v) is 4.04. The number of aromatic nitrogens is 3. The van der Waals surface area contributed by atoms with Gasteiger partial charge >= 0.3 is 0 Å². The van der Waals surface area contributed by atoms with Crippen LogP contribution in [0.4, 0.5) is 0 Å². The summed E-state index contributed by atoms with van der Waals surface area (Å²) >= 11 is 0. The van der Waals surface area contributed by atoms with Crippen LogP contribution in [0.2, 0.25) is 0 Å². The van der Waals surface area contributed by atoms with Crippen molar-refractivity contribution in [2.24, 2.45) is 5.92 Å². The molecule has 0 aliphatic carbocycles. The minimum absolute atomic E-state index is 0.621. The van der Waals surface area contributed by atoms with Gasteiger partial charge in [-0.05, 0) is 35.2 Å². The maximum Gasteiger partial charge on any atom is 0.0659 e. The SMILES string of the molecule is CC(C)CN(Cc1cccc(Cn2cccn2)c1)Cc1ccccn1. The van der Waals surface area contributed by atoms with Crippen molar-refractivity contribution in [1.82, 2.24) is 19.7 Å². The summed E-state index contributed by atoms with van der Waals surface area (Å²) in [4.78, 5) is 6.95. The van der Waals surface area contributed by atoms with Crippen LogP contribution in [-0.4, -0.2) is 26.2 Å². The van der Waals surface area contributed by atoms with Crippen molar-refractivity contribution >= 4 is 0 Å². The lowest BCUT2D eigenvalue weighted by molar-refractivity contribution is 0.225. The zero-order chi connectivity index (χ0) is 17.5. The first-order valence-corrected chi connectivity index (χ1v) is 8.86. The highest BCUT2D eigenvalue weighted by Crippen LogP contribution is 2.13. The summed E-state index contributed by atoms with van der Waals surface area (Å²) in [6.07, 6.45) is 5.69. The normalized spacial score (nSPS) is 11.4. The van der Waals surface area contributed by atoms with E-state index in [0.29, 0.717) is 5.92 Å². The molecule has 2 heterocycles. The highest BCUT2D eigenvalue weighted by atomic mass is 15.3. The van der Waals surface area contributed by atoms with Gasteiger partial charge in [-0.1, -0.05) is 44.2 Å². The zero-order valence-electron chi connectivity index (χ0n) is 15.0. The standard InChI is InChI=1S/C21H26N4/c1-18(2)14-24(17-21-9-3-4-10-22-21)15-19-7-5-8-20(13-19)16-25-12-6-11-23-25/h3-13,18H,14-17H2,1-2H3. The van der Waals surface area contributed by atoms with Crippen molar-refractivity contribution in [3.05, 3.63) is 83.9 Å². The Labute approximate surface area is 150 Å². The molecule has 0 bridgehead atoms. The van der Waals surface area contributed by atoms with Gasteiger partial charge in [-0.25, -0.2) is 0 Å². The van der Waals surface area contributed by atoms with Crippen molar-refractivity contribution in [2.45, 2.75) is 33.5 Å². The van der Waals surface area contributed by atoms with E-state index in [0.717, 1.165) is 31.9 Å². The quantitative estimate of drug-likeness (QED) is 0.625. The van der Waals surface area contributed by atoms with Crippen molar-refractivity contribution in [1.29, 1.82) is 0 Å². The Morgan fingerprint density at radius 1 is 0.960 bits per heavy atom.